The Morgan fingerprint density at radius 1 is 1.47 bits per heavy atom. The predicted octanol–water partition coefficient (Wildman–Crippen LogP) is 3.69. The van der Waals surface area contributed by atoms with E-state index < -0.39 is 0 Å². The largest absolute Gasteiger partial charge is 0.389 e. The average Bonchev–Trinajstić information content (AvgIpc) is 3.16. The third-order valence-corrected chi connectivity index (χ3v) is 6.14. The number of nitriles is 1. The first kappa shape index (κ1) is 24.0. The van der Waals surface area contributed by atoms with Crippen LogP contribution in [0.3, 0.4) is 0 Å². The molecule has 11 heteroatoms. The quantitative estimate of drug-likeness (QED) is 0.188. The van der Waals surface area contributed by atoms with Crippen molar-refractivity contribution < 1.29 is 9.59 Å². The molecule has 2 rings (SSSR count). The molecule has 0 bridgehead atoms. The fraction of sp³-hybridized carbons (Fsp3) is 0.211. The second kappa shape index (κ2) is 11.2. The molecule has 1 aromatic carbocycles. The molecule has 1 heterocycles. The molecule has 1 amide bonds. The number of carbonyl (C=O) groups excluding carboxylic acids is 2. The van der Waals surface area contributed by atoms with Crippen LogP contribution in [0.25, 0.3) is 0 Å². The fourth-order valence-electron chi connectivity index (χ4n) is 2.41. The van der Waals surface area contributed by atoms with Gasteiger partial charge in [-0.2, -0.15) is 10.4 Å². The number of ketones is 1. The normalized spacial score (nSPS) is 12.1. The summed E-state index contributed by atoms with van der Waals surface area (Å²) in [5, 5.41) is 27.3. The molecule has 0 saturated carbocycles. The summed E-state index contributed by atoms with van der Waals surface area (Å²) in [6, 6.07) is 8.06. The van der Waals surface area contributed by atoms with Gasteiger partial charge in [0.25, 0.3) is 5.91 Å². The molecule has 30 heavy (non-hydrogen) atoms. The minimum atomic E-state index is -0.357. The maximum atomic E-state index is 12.4. The first-order chi connectivity index (χ1) is 14.3. The number of nitrogens with zero attached hydrogens (tertiary/aromatic N) is 3. The van der Waals surface area contributed by atoms with Gasteiger partial charge in [0.15, 0.2) is 11.5 Å². The Kier molecular flexibility index (Phi) is 8.96. The zero-order valence-corrected chi connectivity index (χ0v) is 20.1. The number of hydrogen-bond donors (Lipinski definition) is 3. The number of hydrogen-bond acceptors (Lipinski definition) is 6. The molecular weight excluding hydrogens is 538 g/mol. The number of carbonyl (C=O) groups is 2. The van der Waals surface area contributed by atoms with Crippen molar-refractivity contribution in [3.05, 3.63) is 64.1 Å². The third-order valence-electron chi connectivity index (χ3n) is 3.95. The van der Waals surface area contributed by atoms with E-state index in [1.807, 2.05) is 13.0 Å². The summed E-state index contributed by atoms with van der Waals surface area (Å²) < 4.78 is 1.52. The van der Waals surface area contributed by atoms with E-state index in [1.54, 1.807) is 30.5 Å². The number of Topliss-reactive ketones (excluding diaryl/α,β-unsaturated/α-hetero) is 1. The molecule has 0 aliphatic carbocycles. The van der Waals surface area contributed by atoms with E-state index in [0.29, 0.717) is 28.4 Å². The van der Waals surface area contributed by atoms with E-state index in [2.05, 4.69) is 37.8 Å². The maximum Gasteiger partial charge on any atom is 0.272 e. The molecule has 0 aliphatic heterocycles. The molecule has 156 valence electrons. The molecule has 0 aliphatic rings. The van der Waals surface area contributed by atoms with Crippen LogP contribution >= 0.6 is 40.0 Å². The molecule has 3 N–H and O–H groups in total. The highest BCUT2D eigenvalue weighted by Gasteiger charge is 2.17. The fourth-order valence-corrected chi connectivity index (χ4v) is 4.20. The maximum absolute atomic E-state index is 12.4. The van der Waals surface area contributed by atoms with Crippen LogP contribution in [0.1, 0.15) is 46.0 Å². The standard InChI is InChI=1S/C19H19ClIN6O2P/c1-11(25-19(29)17-8-18(12(2)28)27(26-17)30-21)10-24-6-5-16(23)13-3-4-14(9-22)15(20)7-13/h3-8,11,23-24,30H,10H2,1-2H3,(H,25,29)/b6-5-,23-16?/t11-/m0/s1. The molecule has 1 unspecified atom stereocenters. The van der Waals surface area contributed by atoms with Crippen LogP contribution < -0.4 is 10.6 Å². The Morgan fingerprint density at radius 3 is 2.77 bits per heavy atom. The summed E-state index contributed by atoms with van der Waals surface area (Å²) in [5.41, 5.74) is 1.78. The van der Waals surface area contributed by atoms with Gasteiger partial charge in [-0.25, -0.2) is 4.45 Å². The van der Waals surface area contributed by atoms with E-state index in [9.17, 15) is 9.59 Å². The summed E-state index contributed by atoms with van der Waals surface area (Å²) in [5.74, 6) is -0.499. The van der Waals surface area contributed by atoms with Crippen LogP contribution in [-0.4, -0.2) is 39.5 Å². The van der Waals surface area contributed by atoms with Crippen LogP contribution in [0.2, 0.25) is 5.02 Å². The van der Waals surface area contributed by atoms with E-state index in [-0.39, 0.29) is 35.5 Å². The Balaban J connectivity index is 1.87. The third kappa shape index (κ3) is 6.36. The van der Waals surface area contributed by atoms with E-state index in [4.69, 9.17) is 22.3 Å². The van der Waals surface area contributed by atoms with Gasteiger partial charge >= 0.3 is 0 Å². The van der Waals surface area contributed by atoms with Crippen LogP contribution in [0, 0.1) is 16.7 Å². The van der Waals surface area contributed by atoms with Crippen LogP contribution in [0.4, 0.5) is 0 Å². The Hall–Kier alpha value is -2.28. The zero-order valence-electron chi connectivity index (χ0n) is 16.2. The van der Waals surface area contributed by atoms with Gasteiger partial charge in [-0.15, -0.1) is 0 Å². The van der Waals surface area contributed by atoms with E-state index in [0.717, 1.165) is 0 Å². The van der Waals surface area contributed by atoms with E-state index in [1.165, 1.54) is 17.4 Å². The summed E-state index contributed by atoms with van der Waals surface area (Å²) in [6.45, 7) is 3.69. The smallest absolute Gasteiger partial charge is 0.272 e. The Labute approximate surface area is 193 Å². The lowest BCUT2D eigenvalue weighted by molar-refractivity contribution is 0.0934. The van der Waals surface area contributed by atoms with Crippen molar-refractivity contribution in [2.75, 3.05) is 6.54 Å². The van der Waals surface area contributed by atoms with Gasteiger partial charge in [-0.1, -0.05) is 17.7 Å². The van der Waals surface area contributed by atoms with Crippen molar-refractivity contribution in [3.8, 4) is 6.07 Å². The molecule has 2 atom stereocenters. The summed E-state index contributed by atoms with van der Waals surface area (Å²) in [4.78, 5) is 24.0. The number of aromatic nitrogens is 2. The predicted molar refractivity (Wildman–Crippen MR) is 127 cm³/mol. The number of benzene rings is 1. The molecule has 0 radical (unpaired) electrons. The number of allylic oxidation sites excluding steroid dienone is 1. The lowest BCUT2D eigenvalue weighted by Gasteiger charge is -2.12. The van der Waals surface area contributed by atoms with Crippen molar-refractivity contribution in [1.29, 1.82) is 10.7 Å². The summed E-state index contributed by atoms with van der Waals surface area (Å²) >= 11 is 8.09. The lowest BCUT2D eigenvalue weighted by Crippen LogP contribution is -2.38. The van der Waals surface area contributed by atoms with Gasteiger partial charge < -0.3 is 16.0 Å². The minimum absolute atomic E-state index is 0.142. The highest BCUT2D eigenvalue weighted by molar-refractivity contribution is 14.2. The topological polar surface area (TPSA) is 124 Å². The van der Waals surface area contributed by atoms with Gasteiger partial charge in [0.2, 0.25) is 0 Å². The molecule has 0 saturated heterocycles. The number of amides is 1. The zero-order chi connectivity index (χ0) is 22.3. The van der Waals surface area contributed by atoms with Crippen LogP contribution in [0.5, 0.6) is 0 Å². The highest BCUT2D eigenvalue weighted by atomic mass is 127. The molecule has 0 spiro atoms. The Morgan fingerprint density at radius 2 is 2.20 bits per heavy atom. The monoisotopic (exact) mass is 556 g/mol. The first-order valence-corrected chi connectivity index (χ1v) is 13.2. The van der Waals surface area contributed by atoms with Gasteiger partial charge in [0.05, 0.1) is 22.7 Å². The van der Waals surface area contributed by atoms with Crippen molar-refractivity contribution >= 4 is 57.4 Å². The highest BCUT2D eigenvalue weighted by Crippen LogP contribution is 2.25. The molecule has 1 aromatic heterocycles. The van der Waals surface area contributed by atoms with Crippen molar-refractivity contribution in [2.45, 2.75) is 19.9 Å². The first-order valence-electron chi connectivity index (χ1n) is 8.73. The van der Waals surface area contributed by atoms with Gasteiger partial charge in [-0.05, 0) is 53.4 Å². The van der Waals surface area contributed by atoms with Crippen molar-refractivity contribution in [1.82, 2.24) is 20.2 Å². The minimum Gasteiger partial charge on any atom is -0.389 e. The Bertz CT molecular complexity index is 1050. The van der Waals surface area contributed by atoms with Crippen molar-refractivity contribution in [3.63, 3.8) is 0 Å². The number of rotatable bonds is 9. The van der Waals surface area contributed by atoms with Crippen LogP contribution in [-0.2, 0) is 0 Å². The number of halogens is 2. The second-order valence-electron chi connectivity index (χ2n) is 6.30. The van der Waals surface area contributed by atoms with E-state index >= 15 is 0 Å². The molecular formula is C19H19ClIN6O2P. The van der Waals surface area contributed by atoms with Crippen molar-refractivity contribution in [2.24, 2.45) is 0 Å². The number of nitrogens with one attached hydrogen (secondary N) is 3. The van der Waals surface area contributed by atoms with Crippen LogP contribution in [0.15, 0.2) is 36.5 Å². The summed E-state index contributed by atoms with van der Waals surface area (Å²) in [7, 11) is 0. The average molecular weight is 557 g/mol. The second-order valence-corrected chi connectivity index (χ2v) is 8.75. The van der Waals surface area contributed by atoms with Gasteiger partial charge in [-0.3, -0.25) is 9.59 Å². The molecule has 2 aromatic rings. The molecule has 0 fully saturated rings. The SMILES string of the molecule is CC(=O)c1cc(C(=O)N[C@@H](C)CN/C=C\C(=N)c2ccc(C#N)c(Cl)c2)nn1PI. The summed E-state index contributed by atoms with van der Waals surface area (Å²) in [6.07, 6.45) is 3.40. The molecule has 8 nitrogen and oxygen atoms in total. The van der Waals surface area contributed by atoms with Gasteiger partial charge in [0.1, 0.15) is 11.8 Å². The lowest BCUT2D eigenvalue weighted by atomic mass is 10.1. The van der Waals surface area contributed by atoms with Gasteiger partial charge in [0, 0.05) is 31.1 Å².